The fourth-order valence-electron chi connectivity index (χ4n) is 4.47. The first-order valence-corrected chi connectivity index (χ1v) is 11.8. The first kappa shape index (κ1) is 23.9. The van der Waals surface area contributed by atoms with Crippen molar-refractivity contribution in [1.29, 1.82) is 0 Å². The van der Waals surface area contributed by atoms with Gasteiger partial charge in [0.25, 0.3) is 0 Å². The van der Waals surface area contributed by atoms with E-state index in [0.29, 0.717) is 19.8 Å². The maximum absolute atomic E-state index is 13.8. The summed E-state index contributed by atoms with van der Waals surface area (Å²) in [6, 6.07) is 16.7. The predicted molar refractivity (Wildman–Crippen MR) is 129 cm³/mol. The normalized spacial score (nSPS) is 17.9. The molecule has 0 radical (unpaired) electrons. The molecule has 8 heteroatoms. The highest BCUT2D eigenvalue weighted by atomic mass is 16.7. The Morgan fingerprint density at radius 3 is 2.44 bits per heavy atom. The van der Waals surface area contributed by atoms with E-state index in [0.717, 1.165) is 22.4 Å². The van der Waals surface area contributed by atoms with E-state index in [-0.39, 0.29) is 30.8 Å². The molecular formula is C26H32N4O4. The number of carbonyl (C=O) groups excluding carboxylic acids is 2. The summed E-state index contributed by atoms with van der Waals surface area (Å²) in [6.07, 6.45) is -0.505. The lowest BCUT2D eigenvalue weighted by Gasteiger charge is -2.38. The Bertz CT molecular complexity index is 1120. The topological polar surface area (TPSA) is 85.7 Å². The van der Waals surface area contributed by atoms with Crippen LogP contribution in [-0.4, -0.2) is 52.3 Å². The fraction of sp³-hybridized carbons (Fsp3) is 0.423. The molecule has 1 aliphatic rings. The average molecular weight is 465 g/mol. The smallest absolute Gasteiger partial charge is 0.247 e. The summed E-state index contributed by atoms with van der Waals surface area (Å²) in [5.74, 6) is 0.463. The van der Waals surface area contributed by atoms with Gasteiger partial charge in [0, 0.05) is 19.8 Å². The third-order valence-electron chi connectivity index (χ3n) is 6.09. The molecule has 2 heterocycles. The van der Waals surface area contributed by atoms with Gasteiger partial charge in [0.1, 0.15) is 11.9 Å². The highest BCUT2D eigenvalue weighted by Crippen LogP contribution is 2.37. The molecule has 0 fully saturated rings. The van der Waals surface area contributed by atoms with Gasteiger partial charge in [-0.2, -0.15) is 0 Å². The van der Waals surface area contributed by atoms with Gasteiger partial charge >= 0.3 is 0 Å². The molecule has 1 aromatic heterocycles. The van der Waals surface area contributed by atoms with Gasteiger partial charge in [0.05, 0.1) is 30.0 Å². The third kappa shape index (κ3) is 4.98. The third-order valence-corrected chi connectivity index (χ3v) is 6.09. The predicted octanol–water partition coefficient (Wildman–Crippen LogP) is 3.59. The molecule has 1 N–H and O–H groups in total. The zero-order chi connectivity index (χ0) is 24.1. The summed E-state index contributed by atoms with van der Waals surface area (Å²) in [5.41, 5.74) is 2.71. The molecular weight excluding hydrogens is 432 g/mol. The van der Waals surface area contributed by atoms with Crippen molar-refractivity contribution < 1.29 is 19.1 Å². The maximum atomic E-state index is 13.8. The van der Waals surface area contributed by atoms with E-state index < -0.39 is 12.3 Å². The van der Waals surface area contributed by atoms with Crippen LogP contribution in [-0.2, 0) is 25.6 Å². The van der Waals surface area contributed by atoms with Crippen molar-refractivity contribution >= 4 is 22.8 Å². The first-order chi connectivity index (χ1) is 16.5. The molecule has 0 saturated carbocycles. The Labute approximate surface area is 199 Å². The minimum atomic E-state index is -0.681. The summed E-state index contributed by atoms with van der Waals surface area (Å²) in [7, 11) is 0. The van der Waals surface area contributed by atoms with Crippen LogP contribution in [0.2, 0.25) is 0 Å². The zero-order valence-electron chi connectivity index (χ0n) is 19.9. The van der Waals surface area contributed by atoms with Gasteiger partial charge in [0.2, 0.25) is 11.8 Å². The number of nitrogens with zero attached hydrogens (tertiary/aromatic N) is 3. The first-order valence-electron chi connectivity index (χ1n) is 11.8. The maximum Gasteiger partial charge on any atom is 0.247 e. The Hall–Kier alpha value is -3.23. The second-order valence-corrected chi connectivity index (χ2v) is 8.32. The van der Waals surface area contributed by atoms with Gasteiger partial charge in [-0.15, -0.1) is 0 Å². The number of para-hydroxylation sites is 2. The minimum Gasteiger partial charge on any atom is -0.351 e. The summed E-state index contributed by atoms with van der Waals surface area (Å²) < 4.78 is 13.0. The van der Waals surface area contributed by atoms with Crippen LogP contribution in [0, 0.1) is 0 Å². The number of benzene rings is 2. The summed E-state index contributed by atoms with van der Waals surface area (Å²) in [5, 5.41) is 2.87. The Balaban J connectivity index is 1.61. The average Bonchev–Trinajstić information content (AvgIpc) is 3.24. The molecule has 8 nitrogen and oxygen atoms in total. The number of amides is 2. The van der Waals surface area contributed by atoms with Crippen LogP contribution in [0.3, 0.4) is 0 Å². The molecule has 2 atom stereocenters. The molecule has 180 valence electrons. The van der Waals surface area contributed by atoms with E-state index in [1.165, 1.54) is 0 Å². The van der Waals surface area contributed by atoms with Crippen molar-refractivity contribution in [3.05, 3.63) is 66.0 Å². The molecule has 0 spiro atoms. The van der Waals surface area contributed by atoms with E-state index >= 15 is 0 Å². The van der Waals surface area contributed by atoms with Crippen LogP contribution in [0.15, 0.2) is 54.6 Å². The second-order valence-electron chi connectivity index (χ2n) is 8.32. The molecule has 34 heavy (non-hydrogen) atoms. The fourth-order valence-corrected chi connectivity index (χ4v) is 4.47. The molecule has 0 saturated heterocycles. The monoisotopic (exact) mass is 464 g/mol. The van der Waals surface area contributed by atoms with Gasteiger partial charge in [0.15, 0.2) is 6.29 Å². The lowest BCUT2D eigenvalue weighted by Crippen LogP contribution is -2.46. The van der Waals surface area contributed by atoms with Crippen LogP contribution < -0.4 is 5.32 Å². The lowest BCUT2D eigenvalue weighted by molar-refractivity contribution is -0.145. The largest absolute Gasteiger partial charge is 0.351 e. The van der Waals surface area contributed by atoms with E-state index in [4.69, 9.17) is 14.5 Å². The van der Waals surface area contributed by atoms with E-state index in [1.54, 1.807) is 0 Å². The van der Waals surface area contributed by atoms with Crippen molar-refractivity contribution in [1.82, 2.24) is 19.8 Å². The molecule has 1 aliphatic heterocycles. The number of hydrogen-bond donors (Lipinski definition) is 1. The van der Waals surface area contributed by atoms with Gasteiger partial charge < -0.3 is 24.3 Å². The highest BCUT2D eigenvalue weighted by molar-refractivity contribution is 5.90. The number of imidazole rings is 1. The molecule has 2 amide bonds. The van der Waals surface area contributed by atoms with Crippen molar-refractivity contribution in [2.45, 2.75) is 52.1 Å². The van der Waals surface area contributed by atoms with Crippen LogP contribution in [0.4, 0.5) is 0 Å². The van der Waals surface area contributed by atoms with E-state index in [9.17, 15) is 9.59 Å². The van der Waals surface area contributed by atoms with Gasteiger partial charge in [-0.3, -0.25) is 9.59 Å². The van der Waals surface area contributed by atoms with E-state index in [1.807, 2.05) is 84.8 Å². The summed E-state index contributed by atoms with van der Waals surface area (Å²) in [6.45, 7) is 7.40. The van der Waals surface area contributed by atoms with Crippen LogP contribution in [0.1, 0.15) is 50.7 Å². The van der Waals surface area contributed by atoms with Crippen molar-refractivity contribution in [3.8, 4) is 0 Å². The Kier molecular flexibility index (Phi) is 7.59. The quantitative estimate of drug-likeness (QED) is 0.464. The highest BCUT2D eigenvalue weighted by Gasteiger charge is 2.40. The molecule has 0 unspecified atom stereocenters. The van der Waals surface area contributed by atoms with Crippen molar-refractivity contribution in [2.75, 3.05) is 19.8 Å². The van der Waals surface area contributed by atoms with Crippen molar-refractivity contribution in [2.24, 2.45) is 0 Å². The molecule has 0 bridgehead atoms. The van der Waals surface area contributed by atoms with E-state index in [2.05, 4.69) is 5.32 Å². The Morgan fingerprint density at radius 1 is 1.06 bits per heavy atom. The number of carbonyl (C=O) groups is 2. The summed E-state index contributed by atoms with van der Waals surface area (Å²) >= 11 is 0. The van der Waals surface area contributed by atoms with Gasteiger partial charge in [-0.25, -0.2) is 4.98 Å². The van der Waals surface area contributed by atoms with Gasteiger partial charge in [-0.05, 0) is 38.5 Å². The van der Waals surface area contributed by atoms with Crippen molar-refractivity contribution in [3.63, 3.8) is 0 Å². The SMILES string of the molecule is CCOC(CNC(=O)C[C@H]1C(=O)N(Cc2ccccc2)[C@H](C)c2nc3ccccc3n21)OCC. The standard InChI is InChI=1S/C26H32N4O4/c1-4-33-24(34-5-2)16-27-23(31)15-22-26(32)29(17-19-11-7-6-8-12-19)18(3)25-28-20-13-9-10-14-21(20)30(22)25/h6-14,18,22,24H,4-5,15-17H2,1-3H3,(H,27,31)/t18-,22+/m1/s1. The molecule has 4 rings (SSSR count). The minimum absolute atomic E-state index is 0.00909. The number of hydrogen-bond acceptors (Lipinski definition) is 5. The number of fused-ring (bicyclic) bond motifs is 3. The summed E-state index contributed by atoms with van der Waals surface area (Å²) in [4.78, 5) is 33.4. The number of aromatic nitrogens is 2. The zero-order valence-corrected chi connectivity index (χ0v) is 19.9. The molecule has 2 aromatic carbocycles. The van der Waals surface area contributed by atoms with Crippen LogP contribution >= 0.6 is 0 Å². The number of nitrogens with one attached hydrogen (secondary N) is 1. The second kappa shape index (κ2) is 10.8. The molecule has 0 aliphatic carbocycles. The lowest BCUT2D eigenvalue weighted by atomic mass is 10.0. The van der Waals surface area contributed by atoms with Crippen LogP contribution in [0.5, 0.6) is 0 Å². The number of rotatable bonds is 10. The Morgan fingerprint density at radius 2 is 1.74 bits per heavy atom. The number of ether oxygens (including phenoxy) is 2. The molecule has 3 aromatic rings. The van der Waals surface area contributed by atoms with Gasteiger partial charge in [-0.1, -0.05) is 42.5 Å². The van der Waals surface area contributed by atoms with Crippen LogP contribution in [0.25, 0.3) is 11.0 Å².